The fourth-order valence-corrected chi connectivity index (χ4v) is 1.99. The van der Waals surface area contributed by atoms with E-state index >= 15 is 0 Å². The molecule has 0 aromatic heterocycles. The van der Waals surface area contributed by atoms with Gasteiger partial charge in [0.15, 0.2) is 0 Å². The van der Waals surface area contributed by atoms with Crippen LogP contribution < -0.4 is 10.1 Å². The Morgan fingerprint density at radius 3 is 2.63 bits per heavy atom. The van der Waals surface area contributed by atoms with Crippen molar-refractivity contribution >= 4 is 0 Å². The van der Waals surface area contributed by atoms with E-state index in [9.17, 15) is 0 Å². The zero-order chi connectivity index (χ0) is 13.7. The van der Waals surface area contributed by atoms with Crippen LogP contribution in [-0.4, -0.2) is 13.1 Å². The number of benzene rings is 2. The van der Waals surface area contributed by atoms with E-state index in [0.717, 1.165) is 23.5 Å². The van der Waals surface area contributed by atoms with Gasteiger partial charge in [-0.25, -0.2) is 0 Å². The SMILES string of the molecule is CNC(C)Cc1cccc(Oc2ccccc2C)c1. The molecule has 0 aliphatic heterocycles. The van der Waals surface area contributed by atoms with E-state index in [1.807, 2.05) is 37.4 Å². The van der Waals surface area contributed by atoms with Gasteiger partial charge in [-0.2, -0.15) is 0 Å². The van der Waals surface area contributed by atoms with Crippen LogP contribution in [0.4, 0.5) is 0 Å². The zero-order valence-corrected chi connectivity index (χ0v) is 11.8. The van der Waals surface area contributed by atoms with E-state index in [4.69, 9.17) is 4.74 Å². The monoisotopic (exact) mass is 255 g/mol. The van der Waals surface area contributed by atoms with E-state index < -0.39 is 0 Å². The van der Waals surface area contributed by atoms with Crippen molar-refractivity contribution in [1.29, 1.82) is 0 Å². The average molecular weight is 255 g/mol. The smallest absolute Gasteiger partial charge is 0.130 e. The molecule has 2 heteroatoms. The number of para-hydroxylation sites is 1. The summed E-state index contributed by atoms with van der Waals surface area (Å²) >= 11 is 0. The maximum Gasteiger partial charge on any atom is 0.130 e. The van der Waals surface area contributed by atoms with Gasteiger partial charge in [0.2, 0.25) is 0 Å². The molecular formula is C17H21NO. The molecule has 0 saturated heterocycles. The first-order valence-electron chi connectivity index (χ1n) is 6.68. The van der Waals surface area contributed by atoms with Crippen LogP contribution in [0.15, 0.2) is 48.5 Å². The molecule has 2 nitrogen and oxygen atoms in total. The van der Waals surface area contributed by atoms with Gasteiger partial charge in [0.25, 0.3) is 0 Å². The molecule has 0 aliphatic carbocycles. The summed E-state index contributed by atoms with van der Waals surface area (Å²) in [5.74, 6) is 1.82. The fourth-order valence-electron chi connectivity index (χ4n) is 1.99. The van der Waals surface area contributed by atoms with Crippen LogP contribution in [0.25, 0.3) is 0 Å². The summed E-state index contributed by atoms with van der Waals surface area (Å²) in [6, 6.07) is 16.8. The molecule has 1 N–H and O–H groups in total. The van der Waals surface area contributed by atoms with Crippen LogP contribution in [-0.2, 0) is 6.42 Å². The second-order valence-corrected chi connectivity index (χ2v) is 4.91. The molecule has 1 unspecified atom stereocenters. The molecule has 1 atom stereocenters. The maximum atomic E-state index is 5.94. The first kappa shape index (κ1) is 13.6. The molecule has 0 spiro atoms. The minimum Gasteiger partial charge on any atom is -0.457 e. The number of ether oxygens (including phenoxy) is 1. The van der Waals surface area contributed by atoms with Crippen molar-refractivity contribution < 1.29 is 4.74 Å². The molecule has 0 saturated carbocycles. The number of aryl methyl sites for hydroxylation is 1. The third kappa shape index (κ3) is 3.83. The molecule has 2 aromatic carbocycles. The third-order valence-corrected chi connectivity index (χ3v) is 3.25. The number of nitrogens with one attached hydrogen (secondary N) is 1. The molecule has 100 valence electrons. The lowest BCUT2D eigenvalue weighted by molar-refractivity contribution is 0.477. The van der Waals surface area contributed by atoms with Gasteiger partial charge >= 0.3 is 0 Å². The Kier molecular flexibility index (Phi) is 4.58. The van der Waals surface area contributed by atoms with Crippen molar-refractivity contribution in [1.82, 2.24) is 5.32 Å². The fraction of sp³-hybridized carbons (Fsp3) is 0.294. The average Bonchev–Trinajstić information content (AvgIpc) is 2.42. The van der Waals surface area contributed by atoms with Gasteiger partial charge in [-0.15, -0.1) is 0 Å². The number of likely N-dealkylation sites (N-methyl/N-ethyl adjacent to an activating group) is 1. The van der Waals surface area contributed by atoms with Gasteiger partial charge in [0.05, 0.1) is 0 Å². The summed E-state index contributed by atoms with van der Waals surface area (Å²) in [6.07, 6.45) is 1.00. The van der Waals surface area contributed by atoms with Crippen molar-refractivity contribution in [3.8, 4) is 11.5 Å². The lowest BCUT2D eigenvalue weighted by Crippen LogP contribution is -2.23. The predicted molar refractivity (Wildman–Crippen MR) is 79.9 cm³/mol. The number of hydrogen-bond acceptors (Lipinski definition) is 2. The van der Waals surface area contributed by atoms with E-state index in [-0.39, 0.29) is 0 Å². The van der Waals surface area contributed by atoms with Crippen molar-refractivity contribution in [3.63, 3.8) is 0 Å². The predicted octanol–water partition coefficient (Wildman–Crippen LogP) is 3.94. The minimum atomic E-state index is 0.466. The van der Waals surface area contributed by atoms with Crippen molar-refractivity contribution in [2.45, 2.75) is 26.3 Å². The Morgan fingerprint density at radius 1 is 1.11 bits per heavy atom. The van der Waals surface area contributed by atoms with Gasteiger partial charge < -0.3 is 10.1 Å². The third-order valence-electron chi connectivity index (χ3n) is 3.25. The standard InChI is InChI=1S/C17H21NO/c1-13-7-4-5-10-17(13)19-16-9-6-8-15(12-16)11-14(2)18-3/h4-10,12,14,18H,11H2,1-3H3. The van der Waals surface area contributed by atoms with E-state index in [0.29, 0.717) is 6.04 Å². The van der Waals surface area contributed by atoms with Gasteiger partial charge in [0.1, 0.15) is 11.5 Å². The molecule has 2 rings (SSSR count). The summed E-state index contributed by atoms with van der Waals surface area (Å²) in [4.78, 5) is 0. The highest BCUT2D eigenvalue weighted by atomic mass is 16.5. The molecule has 0 fully saturated rings. The van der Waals surface area contributed by atoms with Crippen LogP contribution in [0.2, 0.25) is 0 Å². The van der Waals surface area contributed by atoms with Crippen LogP contribution in [0, 0.1) is 6.92 Å². The van der Waals surface area contributed by atoms with E-state index in [1.54, 1.807) is 0 Å². The Bertz CT molecular complexity index is 536. The van der Waals surface area contributed by atoms with Crippen LogP contribution in [0.3, 0.4) is 0 Å². The summed E-state index contributed by atoms with van der Waals surface area (Å²) in [5.41, 5.74) is 2.43. The van der Waals surface area contributed by atoms with Crippen molar-refractivity contribution in [3.05, 3.63) is 59.7 Å². The highest BCUT2D eigenvalue weighted by Gasteiger charge is 2.04. The van der Waals surface area contributed by atoms with Crippen molar-refractivity contribution in [2.24, 2.45) is 0 Å². The molecule has 2 aromatic rings. The molecule has 0 heterocycles. The van der Waals surface area contributed by atoms with Crippen LogP contribution in [0.1, 0.15) is 18.1 Å². The van der Waals surface area contributed by atoms with E-state index in [2.05, 4.69) is 37.4 Å². The summed E-state index contributed by atoms with van der Waals surface area (Å²) in [5, 5.41) is 3.25. The second kappa shape index (κ2) is 6.39. The Labute approximate surface area is 115 Å². The normalized spacial score (nSPS) is 12.2. The Morgan fingerprint density at radius 2 is 1.89 bits per heavy atom. The second-order valence-electron chi connectivity index (χ2n) is 4.91. The maximum absolute atomic E-state index is 5.94. The van der Waals surface area contributed by atoms with Gasteiger partial charge in [-0.3, -0.25) is 0 Å². The minimum absolute atomic E-state index is 0.466. The molecule has 19 heavy (non-hydrogen) atoms. The van der Waals surface area contributed by atoms with Gasteiger partial charge in [-0.1, -0.05) is 30.3 Å². The van der Waals surface area contributed by atoms with Gasteiger partial charge in [0, 0.05) is 6.04 Å². The first-order valence-corrected chi connectivity index (χ1v) is 6.68. The number of hydrogen-bond donors (Lipinski definition) is 1. The lowest BCUT2D eigenvalue weighted by Gasteiger charge is -2.12. The summed E-state index contributed by atoms with van der Waals surface area (Å²) in [6.45, 7) is 4.23. The largest absolute Gasteiger partial charge is 0.457 e. The molecule has 0 amide bonds. The topological polar surface area (TPSA) is 21.3 Å². The molecular weight excluding hydrogens is 234 g/mol. The van der Waals surface area contributed by atoms with Crippen LogP contribution in [0.5, 0.6) is 11.5 Å². The van der Waals surface area contributed by atoms with Gasteiger partial charge in [-0.05, 0) is 56.6 Å². The highest BCUT2D eigenvalue weighted by Crippen LogP contribution is 2.25. The van der Waals surface area contributed by atoms with E-state index in [1.165, 1.54) is 5.56 Å². The quantitative estimate of drug-likeness (QED) is 0.873. The molecule has 0 bridgehead atoms. The van der Waals surface area contributed by atoms with Crippen LogP contribution >= 0.6 is 0 Å². The Balaban J connectivity index is 2.13. The molecule has 0 radical (unpaired) electrons. The summed E-state index contributed by atoms with van der Waals surface area (Å²) < 4.78 is 5.94. The highest BCUT2D eigenvalue weighted by molar-refractivity contribution is 5.38. The lowest BCUT2D eigenvalue weighted by atomic mass is 10.1. The zero-order valence-electron chi connectivity index (χ0n) is 11.8. The summed E-state index contributed by atoms with van der Waals surface area (Å²) in [7, 11) is 1.98. The molecule has 0 aliphatic rings. The number of rotatable bonds is 5. The Hall–Kier alpha value is -1.80. The van der Waals surface area contributed by atoms with Crippen molar-refractivity contribution in [2.75, 3.05) is 7.05 Å². The first-order chi connectivity index (χ1) is 9.19.